The fourth-order valence-corrected chi connectivity index (χ4v) is 2.09. The van der Waals surface area contributed by atoms with Gasteiger partial charge in [-0.15, -0.1) is 0 Å². The minimum Gasteiger partial charge on any atom is -0.495 e. The lowest BCUT2D eigenvalue weighted by Crippen LogP contribution is -2.03. The topological polar surface area (TPSA) is 21.3 Å². The van der Waals surface area contributed by atoms with E-state index in [2.05, 4.69) is 21.2 Å². The van der Waals surface area contributed by atoms with Gasteiger partial charge in [-0.25, -0.2) is 13.2 Å². The van der Waals surface area contributed by atoms with Gasteiger partial charge in [0.2, 0.25) is 0 Å². The average molecular weight is 346 g/mol. The Morgan fingerprint density at radius 1 is 1.10 bits per heavy atom. The van der Waals surface area contributed by atoms with E-state index in [1.165, 1.54) is 7.11 Å². The van der Waals surface area contributed by atoms with Gasteiger partial charge in [0, 0.05) is 11.0 Å². The molecule has 0 bridgehead atoms. The molecule has 0 saturated carbocycles. The van der Waals surface area contributed by atoms with E-state index in [0.29, 0.717) is 17.0 Å². The van der Waals surface area contributed by atoms with Crippen molar-refractivity contribution in [3.8, 4) is 5.75 Å². The van der Waals surface area contributed by atoms with Crippen LogP contribution < -0.4 is 10.1 Å². The van der Waals surface area contributed by atoms with Crippen molar-refractivity contribution in [3.63, 3.8) is 0 Å². The Labute approximate surface area is 122 Å². The number of methoxy groups -OCH3 is 1. The molecule has 6 heteroatoms. The maximum atomic E-state index is 13.1. The van der Waals surface area contributed by atoms with Crippen molar-refractivity contribution in [1.82, 2.24) is 0 Å². The third kappa shape index (κ3) is 3.25. The van der Waals surface area contributed by atoms with E-state index in [4.69, 9.17) is 4.74 Å². The van der Waals surface area contributed by atoms with Crippen LogP contribution in [0.3, 0.4) is 0 Å². The molecule has 0 heterocycles. The molecule has 2 nitrogen and oxygen atoms in total. The summed E-state index contributed by atoms with van der Waals surface area (Å²) in [5.41, 5.74) is 0.954. The number of rotatable bonds is 4. The van der Waals surface area contributed by atoms with Crippen LogP contribution in [0.15, 0.2) is 34.8 Å². The normalized spacial score (nSPS) is 10.4. The second-order valence-corrected chi connectivity index (χ2v) is 4.99. The summed E-state index contributed by atoms with van der Waals surface area (Å²) < 4.78 is 45.0. The Balaban J connectivity index is 2.18. The molecule has 0 aliphatic rings. The second-order valence-electron chi connectivity index (χ2n) is 4.07. The second kappa shape index (κ2) is 6.17. The molecule has 1 N–H and O–H groups in total. The molecule has 0 spiro atoms. The SMILES string of the molecule is COc1ccc(Br)cc1NCc1cc(F)c(F)c(F)c1. The van der Waals surface area contributed by atoms with Gasteiger partial charge in [0.1, 0.15) is 5.75 Å². The van der Waals surface area contributed by atoms with E-state index >= 15 is 0 Å². The van der Waals surface area contributed by atoms with E-state index in [9.17, 15) is 13.2 Å². The molecule has 2 rings (SSSR count). The number of hydrogen-bond acceptors (Lipinski definition) is 2. The van der Waals surface area contributed by atoms with Gasteiger partial charge in [0.05, 0.1) is 12.8 Å². The fraction of sp³-hybridized carbons (Fsp3) is 0.143. The fourth-order valence-electron chi connectivity index (χ4n) is 1.73. The van der Waals surface area contributed by atoms with E-state index in [-0.39, 0.29) is 6.54 Å². The van der Waals surface area contributed by atoms with Gasteiger partial charge in [-0.1, -0.05) is 15.9 Å². The first-order valence-corrected chi connectivity index (χ1v) is 6.51. The monoisotopic (exact) mass is 345 g/mol. The molecule has 0 radical (unpaired) electrons. The van der Waals surface area contributed by atoms with Gasteiger partial charge in [-0.2, -0.15) is 0 Å². The summed E-state index contributed by atoms with van der Waals surface area (Å²) in [4.78, 5) is 0. The van der Waals surface area contributed by atoms with Crippen molar-refractivity contribution in [2.24, 2.45) is 0 Å². The third-order valence-corrected chi connectivity index (χ3v) is 3.18. The highest BCUT2D eigenvalue weighted by atomic mass is 79.9. The number of anilines is 1. The lowest BCUT2D eigenvalue weighted by molar-refractivity contribution is 0.416. The van der Waals surface area contributed by atoms with Crippen LogP contribution in [0.1, 0.15) is 5.56 Å². The molecule has 2 aromatic rings. The summed E-state index contributed by atoms with van der Waals surface area (Å²) in [5, 5.41) is 2.98. The quantitative estimate of drug-likeness (QED) is 0.824. The maximum Gasteiger partial charge on any atom is 0.194 e. The van der Waals surface area contributed by atoms with Crippen molar-refractivity contribution in [2.45, 2.75) is 6.54 Å². The van der Waals surface area contributed by atoms with Crippen LogP contribution in [0.5, 0.6) is 5.75 Å². The number of nitrogens with one attached hydrogen (secondary N) is 1. The Kier molecular flexibility index (Phi) is 4.54. The van der Waals surface area contributed by atoms with Crippen molar-refractivity contribution in [1.29, 1.82) is 0 Å². The highest BCUT2D eigenvalue weighted by Gasteiger charge is 2.11. The number of halogens is 4. The molecule has 0 unspecified atom stereocenters. The van der Waals surface area contributed by atoms with Crippen LogP contribution in [0.2, 0.25) is 0 Å². The van der Waals surface area contributed by atoms with Crippen LogP contribution in [0.25, 0.3) is 0 Å². The Hall–Kier alpha value is -1.69. The largest absolute Gasteiger partial charge is 0.495 e. The van der Waals surface area contributed by atoms with Gasteiger partial charge in [0.25, 0.3) is 0 Å². The Morgan fingerprint density at radius 2 is 1.75 bits per heavy atom. The van der Waals surface area contributed by atoms with Gasteiger partial charge in [-0.05, 0) is 35.9 Å². The smallest absolute Gasteiger partial charge is 0.194 e. The van der Waals surface area contributed by atoms with Crippen molar-refractivity contribution in [3.05, 3.63) is 57.8 Å². The number of benzene rings is 2. The first kappa shape index (κ1) is 14.7. The molecule has 106 valence electrons. The Morgan fingerprint density at radius 3 is 2.35 bits per heavy atom. The van der Waals surface area contributed by atoms with Crippen LogP contribution in [-0.4, -0.2) is 7.11 Å². The van der Waals surface area contributed by atoms with Gasteiger partial charge >= 0.3 is 0 Å². The number of ether oxygens (including phenoxy) is 1. The minimum atomic E-state index is -1.46. The van der Waals surface area contributed by atoms with E-state index in [1.54, 1.807) is 18.2 Å². The summed E-state index contributed by atoms with van der Waals surface area (Å²) in [5.74, 6) is -3.28. The van der Waals surface area contributed by atoms with Crippen LogP contribution in [0.4, 0.5) is 18.9 Å². The first-order valence-electron chi connectivity index (χ1n) is 5.72. The molecule has 2 aromatic carbocycles. The summed E-state index contributed by atoms with van der Waals surface area (Å²) in [6, 6.07) is 7.24. The number of hydrogen-bond donors (Lipinski definition) is 1. The summed E-state index contributed by atoms with van der Waals surface area (Å²) in [7, 11) is 1.52. The zero-order valence-corrected chi connectivity index (χ0v) is 12.1. The van der Waals surface area contributed by atoms with E-state index in [1.807, 2.05) is 0 Å². The standard InChI is InChI=1S/C14H11BrF3NO/c1-20-13-3-2-9(15)6-12(13)19-7-8-4-10(16)14(18)11(17)5-8/h2-6,19H,7H2,1H3. The predicted octanol–water partition coefficient (Wildman–Crippen LogP) is 4.49. The predicted molar refractivity (Wildman–Crippen MR) is 74.3 cm³/mol. The molecule has 0 aliphatic heterocycles. The van der Waals surface area contributed by atoms with Crippen LogP contribution >= 0.6 is 15.9 Å². The summed E-state index contributed by atoms with van der Waals surface area (Å²) >= 11 is 3.32. The highest BCUT2D eigenvalue weighted by molar-refractivity contribution is 9.10. The lowest BCUT2D eigenvalue weighted by Gasteiger charge is -2.12. The minimum absolute atomic E-state index is 0.140. The van der Waals surface area contributed by atoms with Gasteiger partial charge in [0.15, 0.2) is 17.5 Å². The average Bonchev–Trinajstić information content (AvgIpc) is 2.42. The molecule has 20 heavy (non-hydrogen) atoms. The first-order chi connectivity index (χ1) is 9.51. The molecule has 0 atom stereocenters. The zero-order chi connectivity index (χ0) is 14.7. The molecular formula is C14H11BrF3NO. The van der Waals surface area contributed by atoms with Crippen molar-refractivity contribution in [2.75, 3.05) is 12.4 Å². The third-order valence-electron chi connectivity index (χ3n) is 2.69. The van der Waals surface area contributed by atoms with Gasteiger partial charge < -0.3 is 10.1 Å². The molecule has 0 saturated heterocycles. The maximum absolute atomic E-state index is 13.1. The van der Waals surface area contributed by atoms with Crippen molar-refractivity contribution < 1.29 is 17.9 Å². The molecule has 0 amide bonds. The molecule has 0 fully saturated rings. The lowest BCUT2D eigenvalue weighted by atomic mass is 10.2. The highest BCUT2D eigenvalue weighted by Crippen LogP contribution is 2.28. The van der Waals surface area contributed by atoms with E-state index in [0.717, 1.165) is 16.6 Å². The Bertz CT molecular complexity index is 611. The zero-order valence-electron chi connectivity index (χ0n) is 10.5. The molecule has 0 aliphatic carbocycles. The molecular weight excluding hydrogens is 335 g/mol. The van der Waals surface area contributed by atoms with Crippen LogP contribution in [-0.2, 0) is 6.54 Å². The van der Waals surface area contributed by atoms with Crippen LogP contribution in [0, 0.1) is 17.5 Å². The van der Waals surface area contributed by atoms with E-state index < -0.39 is 17.5 Å². The van der Waals surface area contributed by atoms with Crippen molar-refractivity contribution >= 4 is 21.6 Å². The molecule has 0 aromatic heterocycles. The van der Waals surface area contributed by atoms with Gasteiger partial charge in [-0.3, -0.25) is 0 Å². The summed E-state index contributed by atoms with van der Waals surface area (Å²) in [6.07, 6.45) is 0. The summed E-state index contributed by atoms with van der Waals surface area (Å²) in [6.45, 7) is 0.140.